The lowest BCUT2D eigenvalue weighted by atomic mass is 10.3. The maximum atomic E-state index is 12.4. The predicted octanol–water partition coefficient (Wildman–Crippen LogP) is 3.08. The molecule has 0 fully saturated rings. The van der Waals surface area contributed by atoms with Crippen molar-refractivity contribution in [3.8, 4) is 0 Å². The molecule has 0 spiro atoms. The van der Waals surface area contributed by atoms with Crippen LogP contribution >= 0.6 is 11.3 Å². The molecule has 0 bridgehead atoms. The highest BCUT2D eigenvalue weighted by Gasteiger charge is 2.31. The standard InChI is InChI=1S/C9H5F5N2OS2/c10-6(11)3-19(17)8-16-7-5(18-8)1-4(2-15-7)9(12,13)14/h1-2,6H,3H2. The summed E-state index contributed by atoms with van der Waals surface area (Å²) >= 11 is 0.671. The summed E-state index contributed by atoms with van der Waals surface area (Å²) < 4.78 is 72.8. The zero-order valence-corrected chi connectivity index (χ0v) is 10.6. The summed E-state index contributed by atoms with van der Waals surface area (Å²) in [6, 6.07) is 0.809. The molecule has 0 aliphatic carbocycles. The molecule has 0 N–H and O–H groups in total. The van der Waals surface area contributed by atoms with E-state index in [-0.39, 0.29) is 14.7 Å². The molecule has 10 heteroatoms. The third kappa shape index (κ3) is 3.24. The molecule has 19 heavy (non-hydrogen) atoms. The van der Waals surface area contributed by atoms with Gasteiger partial charge < -0.3 is 0 Å². The molecule has 3 nitrogen and oxygen atoms in total. The van der Waals surface area contributed by atoms with Gasteiger partial charge in [-0.1, -0.05) is 0 Å². The molecule has 0 aliphatic rings. The van der Waals surface area contributed by atoms with Gasteiger partial charge in [0.25, 0.3) is 6.43 Å². The van der Waals surface area contributed by atoms with Gasteiger partial charge in [-0.3, -0.25) is 4.21 Å². The van der Waals surface area contributed by atoms with Crippen LogP contribution in [-0.2, 0) is 17.0 Å². The van der Waals surface area contributed by atoms with Gasteiger partial charge in [0.2, 0.25) is 0 Å². The normalized spacial score (nSPS) is 14.2. The van der Waals surface area contributed by atoms with Crippen molar-refractivity contribution in [2.75, 3.05) is 5.75 Å². The van der Waals surface area contributed by atoms with E-state index in [0.717, 1.165) is 6.07 Å². The van der Waals surface area contributed by atoms with Gasteiger partial charge >= 0.3 is 6.18 Å². The lowest BCUT2D eigenvalue weighted by Gasteiger charge is -2.04. The van der Waals surface area contributed by atoms with Crippen molar-refractivity contribution >= 4 is 32.5 Å². The first-order chi connectivity index (χ1) is 8.77. The number of pyridine rings is 1. The van der Waals surface area contributed by atoms with Crippen molar-refractivity contribution in [1.29, 1.82) is 0 Å². The molecule has 0 saturated heterocycles. The number of nitrogens with zero attached hydrogens (tertiary/aromatic N) is 2. The van der Waals surface area contributed by atoms with Crippen LogP contribution in [0.4, 0.5) is 22.0 Å². The van der Waals surface area contributed by atoms with Crippen LogP contribution in [0.1, 0.15) is 5.56 Å². The molecule has 2 aromatic rings. The van der Waals surface area contributed by atoms with Gasteiger partial charge in [0.05, 0.1) is 26.8 Å². The van der Waals surface area contributed by atoms with E-state index in [9.17, 15) is 26.2 Å². The summed E-state index contributed by atoms with van der Waals surface area (Å²) in [5.41, 5.74) is -0.995. The number of aromatic nitrogens is 2. The Labute approximate surface area is 109 Å². The predicted molar refractivity (Wildman–Crippen MR) is 59.7 cm³/mol. The molecule has 104 valence electrons. The molecule has 0 amide bonds. The lowest BCUT2D eigenvalue weighted by molar-refractivity contribution is -0.137. The van der Waals surface area contributed by atoms with Gasteiger partial charge in [-0.05, 0) is 6.07 Å². The van der Waals surface area contributed by atoms with Crippen LogP contribution in [0.5, 0.6) is 0 Å². The number of fused-ring (bicyclic) bond motifs is 1. The molecular weight excluding hydrogens is 311 g/mol. The Bertz CT molecular complexity index is 625. The maximum absolute atomic E-state index is 12.4. The summed E-state index contributed by atoms with van der Waals surface area (Å²) in [4.78, 5) is 7.18. The zero-order valence-electron chi connectivity index (χ0n) is 8.95. The van der Waals surface area contributed by atoms with Crippen LogP contribution in [0, 0.1) is 0 Å². The first-order valence-electron chi connectivity index (χ1n) is 4.77. The number of halogens is 5. The number of alkyl halides is 5. The van der Waals surface area contributed by atoms with Gasteiger partial charge in [-0.25, -0.2) is 18.7 Å². The van der Waals surface area contributed by atoms with E-state index in [1.54, 1.807) is 0 Å². The summed E-state index contributed by atoms with van der Waals surface area (Å²) in [6.07, 6.45) is -6.72. The fourth-order valence-electron chi connectivity index (χ4n) is 1.24. The van der Waals surface area contributed by atoms with Gasteiger partial charge in [0, 0.05) is 6.20 Å². The summed E-state index contributed by atoms with van der Waals surface area (Å²) in [5.74, 6) is -0.897. The Morgan fingerprint density at radius 2 is 2.05 bits per heavy atom. The molecule has 0 aromatic carbocycles. The number of hydrogen-bond acceptors (Lipinski definition) is 4. The van der Waals surface area contributed by atoms with Crippen LogP contribution in [0.2, 0.25) is 0 Å². The Morgan fingerprint density at radius 3 is 2.63 bits per heavy atom. The zero-order chi connectivity index (χ0) is 14.2. The summed E-state index contributed by atoms with van der Waals surface area (Å²) in [7, 11) is -2.04. The Morgan fingerprint density at radius 1 is 1.37 bits per heavy atom. The fraction of sp³-hybridized carbons (Fsp3) is 0.333. The van der Waals surface area contributed by atoms with E-state index < -0.39 is 34.7 Å². The summed E-state index contributed by atoms with van der Waals surface area (Å²) in [5, 5.41) is 0. The molecule has 2 aromatic heterocycles. The van der Waals surface area contributed by atoms with Crippen molar-refractivity contribution < 1.29 is 26.2 Å². The van der Waals surface area contributed by atoms with Crippen molar-refractivity contribution in [2.24, 2.45) is 0 Å². The van der Waals surface area contributed by atoms with Crippen LogP contribution < -0.4 is 0 Å². The van der Waals surface area contributed by atoms with E-state index in [4.69, 9.17) is 0 Å². The maximum Gasteiger partial charge on any atom is 0.417 e. The van der Waals surface area contributed by atoms with Crippen LogP contribution in [0.3, 0.4) is 0 Å². The minimum atomic E-state index is -4.55. The third-order valence-electron chi connectivity index (χ3n) is 2.03. The first-order valence-corrected chi connectivity index (χ1v) is 6.91. The van der Waals surface area contributed by atoms with Gasteiger partial charge in [0.1, 0.15) is 0 Å². The van der Waals surface area contributed by atoms with E-state index in [1.165, 1.54) is 0 Å². The summed E-state index contributed by atoms with van der Waals surface area (Å²) in [6.45, 7) is 0. The average molecular weight is 316 g/mol. The number of thiazole rings is 1. The van der Waals surface area contributed by atoms with Gasteiger partial charge in [-0.15, -0.1) is 11.3 Å². The molecule has 2 rings (SSSR count). The number of rotatable bonds is 3. The number of hydrogen-bond donors (Lipinski definition) is 0. The van der Waals surface area contributed by atoms with Crippen molar-refractivity contribution in [1.82, 2.24) is 9.97 Å². The van der Waals surface area contributed by atoms with Crippen LogP contribution in [0.15, 0.2) is 16.6 Å². The third-order valence-corrected chi connectivity index (χ3v) is 4.66. The largest absolute Gasteiger partial charge is 0.417 e. The fourth-order valence-corrected chi connectivity index (χ4v) is 3.34. The van der Waals surface area contributed by atoms with E-state index >= 15 is 0 Å². The molecule has 1 unspecified atom stereocenters. The molecule has 0 radical (unpaired) electrons. The topological polar surface area (TPSA) is 42.9 Å². The highest BCUT2D eigenvalue weighted by molar-refractivity contribution is 7.87. The second-order valence-corrected chi connectivity index (χ2v) is 6.13. The van der Waals surface area contributed by atoms with E-state index in [2.05, 4.69) is 9.97 Å². The first kappa shape index (κ1) is 14.3. The molecular formula is C9H5F5N2OS2. The molecule has 0 saturated carbocycles. The smallest absolute Gasteiger partial charge is 0.252 e. The van der Waals surface area contributed by atoms with Crippen molar-refractivity contribution in [2.45, 2.75) is 16.9 Å². The highest BCUT2D eigenvalue weighted by atomic mass is 32.2. The minimum Gasteiger partial charge on any atom is -0.252 e. The van der Waals surface area contributed by atoms with Crippen molar-refractivity contribution in [3.63, 3.8) is 0 Å². The van der Waals surface area contributed by atoms with E-state index in [1.807, 2.05) is 0 Å². The monoisotopic (exact) mass is 316 g/mol. The van der Waals surface area contributed by atoms with Crippen LogP contribution in [-0.4, -0.2) is 26.4 Å². The Balaban J connectivity index is 2.38. The highest BCUT2D eigenvalue weighted by Crippen LogP contribution is 2.32. The Hall–Kier alpha value is -1.16. The lowest BCUT2D eigenvalue weighted by Crippen LogP contribution is -2.06. The average Bonchev–Trinajstić information content (AvgIpc) is 2.69. The second-order valence-electron chi connectivity index (χ2n) is 3.43. The van der Waals surface area contributed by atoms with Crippen LogP contribution in [0.25, 0.3) is 10.3 Å². The van der Waals surface area contributed by atoms with Crippen molar-refractivity contribution in [3.05, 3.63) is 17.8 Å². The SMILES string of the molecule is O=S(CC(F)F)c1nc2ncc(C(F)(F)F)cc2s1. The quantitative estimate of drug-likeness (QED) is 0.817. The molecule has 1 atom stereocenters. The second kappa shape index (κ2) is 5.08. The molecule has 2 heterocycles. The van der Waals surface area contributed by atoms with Gasteiger partial charge in [0.15, 0.2) is 9.99 Å². The molecule has 0 aliphatic heterocycles. The van der Waals surface area contributed by atoms with Gasteiger partial charge in [-0.2, -0.15) is 13.2 Å². The Kier molecular flexibility index (Phi) is 3.81. The van der Waals surface area contributed by atoms with E-state index in [0.29, 0.717) is 17.5 Å². The minimum absolute atomic E-state index is 0.0318.